The van der Waals surface area contributed by atoms with Crippen LogP contribution < -0.4 is 0 Å². The predicted molar refractivity (Wildman–Crippen MR) is 224 cm³/mol. The maximum absolute atomic E-state index is 12.6. The van der Waals surface area contributed by atoms with E-state index in [2.05, 4.69) is 60.9 Å². The third-order valence-electron chi connectivity index (χ3n) is 8.97. The molecule has 0 fully saturated rings. The van der Waals surface area contributed by atoms with E-state index in [0.717, 1.165) is 57.8 Å². The highest BCUT2D eigenvalue weighted by Crippen LogP contribution is 2.43. The second-order valence-electron chi connectivity index (χ2n) is 14.4. The number of esters is 2. The molecule has 0 rings (SSSR count). The standard InChI is InChI=1S/C44H79O10P/c1-3-5-7-9-11-13-15-17-19-20-22-24-26-28-30-32-34-36-44(48)54-42(40-53-55(49,50)52-38-41(46)37-45)39-51-43(47)35-33-31-29-27-25-23-21-18-16-14-12-10-8-6-4-2/h11,13,17,19,22,24,29,31,41-42,45-46H,3-10,12,14-16,18,20-21,23,25-28,30,32-40H2,1-2H3,(H,49,50)/b13-11+,19-17+,24-22+,31-29+/t41-,42+/m0/s1. The highest BCUT2D eigenvalue weighted by atomic mass is 31.2. The minimum Gasteiger partial charge on any atom is -0.462 e. The first kappa shape index (κ1) is 52.9. The lowest BCUT2D eigenvalue weighted by Gasteiger charge is -2.20. The van der Waals surface area contributed by atoms with E-state index in [1.807, 2.05) is 6.08 Å². The molecule has 0 aliphatic rings. The van der Waals surface area contributed by atoms with Gasteiger partial charge < -0.3 is 24.6 Å². The van der Waals surface area contributed by atoms with Crippen LogP contribution in [-0.2, 0) is 32.7 Å². The van der Waals surface area contributed by atoms with Crippen molar-refractivity contribution >= 4 is 19.8 Å². The lowest BCUT2D eigenvalue weighted by Crippen LogP contribution is -2.29. The number of hydrogen-bond acceptors (Lipinski definition) is 9. The summed E-state index contributed by atoms with van der Waals surface area (Å²) in [6.45, 7) is 2.28. The normalized spacial score (nSPS) is 14.3. The number of rotatable bonds is 40. The van der Waals surface area contributed by atoms with E-state index in [0.29, 0.717) is 12.8 Å². The fourth-order valence-electron chi connectivity index (χ4n) is 5.60. The highest BCUT2D eigenvalue weighted by Gasteiger charge is 2.27. The summed E-state index contributed by atoms with van der Waals surface area (Å²) in [6, 6.07) is 0. The zero-order valence-electron chi connectivity index (χ0n) is 34.6. The summed E-state index contributed by atoms with van der Waals surface area (Å²) in [5, 5.41) is 18.3. The largest absolute Gasteiger partial charge is 0.472 e. The Morgan fingerprint density at radius 1 is 0.545 bits per heavy atom. The van der Waals surface area contributed by atoms with Gasteiger partial charge in [0.1, 0.15) is 12.7 Å². The maximum Gasteiger partial charge on any atom is 0.472 e. The molecule has 0 amide bonds. The Morgan fingerprint density at radius 2 is 0.982 bits per heavy atom. The van der Waals surface area contributed by atoms with Crippen LogP contribution in [0.2, 0.25) is 0 Å². The average molecular weight is 799 g/mol. The number of phosphoric acid groups is 1. The maximum atomic E-state index is 12.6. The summed E-state index contributed by atoms with van der Waals surface area (Å²) in [6.07, 6.45) is 42.3. The molecule has 0 aromatic heterocycles. The molecule has 0 saturated carbocycles. The Balaban J connectivity index is 4.39. The number of carbonyl (C=O) groups is 2. The Morgan fingerprint density at radius 3 is 1.55 bits per heavy atom. The van der Waals surface area contributed by atoms with Crippen molar-refractivity contribution in [2.75, 3.05) is 26.4 Å². The molecule has 0 radical (unpaired) electrons. The summed E-state index contributed by atoms with van der Waals surface area (Å²) in [7, 11) is -4.63. The van der Waals surface area contributed by atoms with Crippen molar-refractivity contribution < 1.29 is 47.8 Å². The topological polar surface area (TPSA) is 149 Å². The van der Waals surface area contributed by atoms with Crippen LogP contribution in [0.1, 0.15) is 181 Å². The van der Waals surface area contributed by atoms with Crippen LogP contribution >= 0.6 is 7.82 Å². The number of aliphatic hydroxyl groups excluding tert-OH is 2. The van der Waals surface area contributed by atoms with Crippen molar-refractivity contribution in [3.05, 3.63) is 48.6 Å². The average Bonchev–Trinajstić information content (AvgIpc) is 3.17. The summed E-state index contributed by atoms with van der Waals surface area (Å²) in [5.74, 6) is -1.01. The molecule has 0 aromatic carbocycles. The molecule has 0 bridgehead atoms. The van der Waals surface area contributed by atoms with Gasteiger partial charge >= 0.3 is 19.8 Å². The molecule has 11 heteroatoms. The molecule has 0 spiro atoms. The highest BCUT2D eigenvalue weighted by molar-refractivity contribution is 7.47. The molecule has 3 N–H and O–H groups in total. The van der Waals surface area contributed by atoms with Gasteiger partial charge in [-0.15, -0.1) is 0 Å². The minimum atomic E-state index is -4.63. The first-order chi connectivity index (χ1) is 26.7. The van der Waals surface area contributed by atoms with Gasteiger partial charge in [0.05, 0.1) is 19.8 Å². The van der Waals surface area contributed by atoms with Crippen molar-refractivity contribution in [2.45, 2.75) is 193 Å². The van der Waals surface area contributed by atoms with Crippen LogP contribution in [0.25, 0.3) is 0 Å². The van der Waals surface area contributed by atoms with Crippen LogP contribution in [0.4, 0.5) is 0 Å². The number of allylic oxidation sites excluding steroid dienone is 8. The molecule has 1 unspecified atom stereocenters. The van der Waals surface area contributed by atoms with Gasteiger partial charge in [-0.05, 0) is 64.2 Å². The van der Waals surface area contributed by atoms with Gasteiger partial charge in [-0.25, -0.2) is 4.57 Å². The SMILES string of the molecule is CCCCC/C=C/C/C=C/C/C=C/CCCCCCC(=O)O[C@H](COC(=O)CC/C=C/CCCCCCCCCCCCC)COP(=O)(O)OC[C@@H](O)CO. The van der Waals surface area contributed by atoms with Gasteiger partial charge in [-0.2, -0.15) is 0 Å². The van der Waals surface area contributed by atoms with E-state index in [4.69, 9.17) is 19.1 Å². The quantitative estimate of drug-likeness (QED) is 0.0237. The van der Waals surface area contributed by atoms with Crippen molar-refractivity contribution in [1.82, 2.24) is 0 Å². The van der Waals surface area contributed by atoms with E-state index in [9.17, 15) is 24.2 Å². The Kier molecular flexibility index (Phi) is 38.6. The van der Waals surface area contributed by atoms with Crippen molar-refractivity contribution in [3.8, 4) is 0 Å². The zero-order chi connectivity index (χ0) is 40.5. The molecule has 0 aliphatic heterocycles. The number of ether oxygens (including phenoxy) is 2. The second-order valence-corrected chi connectivity index (χ2v) is 15.8. The van der Waals surface area contributed by atoms with Gasteiger partial charge in [0.2, 0.25) is 0 Å². The van der Waals surface area contributed by atoms with Gasteiger partial charge in [-0.3, -0.25) is 18.6 Å². The Hall–Kier alpha value is -2.07. The molecular formula is C44H79O10P. The van der Waals surface area contributed by atoms with Gasteiger partial charge in [0, 0.05) is 12.8 Å². The van der Waals surface area contributed by atoms with Crippen LogP contribution in [0.15, 0.2) is 48.6 Å². The summed E-state index contributed by atoms with van der Waals surface area (Å²) >= 11 is 0. The second kappa shape index (κ2) is 40.1. The fraction of sp³-hybridized carbons (Fsp3) is 0.773. The van der Waals surface area contributed by atoms with Crippen LogP contribution in [-0.4, -0.2) is 65.7 Å². The number of carbonyl (C=O) groups excluding carboxylic acids is 2. The van der Waals surface area contributed by atoms with E-state index >= 15 is 0 Å². The molecule has 0 aliphatic carbocycles. The van der Waals surface area contributed by atoms with Crippen LogP contribution in [0.3, 0.4) is 0 Å². The minimum absolute atomic E-state index is 0.151. The van der Waals surface area contributed by atoms with E-state index in [1.54, 1.807) is 0 Å². The first-order valence-corrected chi connectivity index (χ1v) is 23.1. The van der Waals surface area contributed by atoms with E-state index < -0.39 is 51.8 Å². The number of phosphoric ester groups is 1. The number of hydrogen-bond donors (Lipinski definition) is 3. The predicted octanol–water partition coefficient (Wildman–Crippen LogP) is 11.3. The first-order valence-electron chi connectivity index (χ1n) is 21.6. The lowest BCUT2D eigenvalue weighted by molar-refractivity contribution is -0.161. The molecule has 0 heterocycles. The van der Waals surface area contributed by atoms with Gasteiger partial charge in [-0.1, -0.05) is 152 Å². The molecular weight excluding hydrogens is 719 g/mol. The van der Waals surface area contributed by atoms with Gasteiger partial charge in [0.25, 0.3) is 0 Å². The summed E-state index contributed by atoms with van der Waals surface area (Å²) in [4.78, 5) is 34.9. The zero-order valence-corrected chi connectivity index (χ0v) is 35.5. The summed E-state index contributed by atoms with van der Waals surface area (Å²) in [5.41, 5.74) is 0. The molecule has 10 nitrogen and oxygen atoms in total. The van der Waals surface area contributed by atoms with E-state index in [-0.39, 0.29) is 19.4 Å². The Bertz CT molecular complexity index is 1060. The van der Waals surface area contributed by atoms with Crippen LogP contribution in [0.5, 0.6) is 0 Å². The molecule has 0 aromatic rings. The van der Waals surface area contributed by atoms with Crippen molar-refractivity contribution in [2.24, 2.45) is 0 Å². The molecule has 0 saturated heterocycles. The third kappa shape index (κ3) is 39.9. The molecule has 3 atom stereocenters. The monoisotopic (exact) mass is 799 g/mol. The lowest BCUT2D eigenvalue weighted by atomic mass is 10.1. The fourth-order valence-corrected chi connectivity index (χ4v) is 6.39. The Labute approximate surface area is 334 Å². The third-order valence-corrected chi connectivity index (χ3v) is 9.92. The summed E-state index contributed by atoms with van der Waals surface area (Å²) < 4.78 is 32.6. The van der Waals surface area contributed by atoms with Gasteiger partial charge in [0.15, 0.2) is 6.10 Å². The number of unbranched alkanes of at least 4 members (excludes halogenated alkanes) is 18. The molecule has 55 heavy (non-hydrogen) atoms. The smallest absolute Gasteiger partial charge is 0.462 e. The number of aliphatic hydroxyl groups is 2. The van der Waals surface area contributed by atoms with Crippen molar-refractivity contribution in [1.29, 1.82) is 0 Å². The van der Waals surface area contributed by atoms with Crippen molar-refractivity contribution in [3.63, 3.8) is 0 Å². The molecule has 320 valence electrons. The van der Waals surface area contributed by atoms with E-state index in [1.165, 1.54) is 83.5 Å². The van der Waals surface area contributed by atoms with Crippen LogP contribution in [0, 0.1) is 0 Å².